The van der Waals surface area contributed by atoms with Crippen LogP contribution in [0.25, 0.3) is 0 Å². The van der Waals surface area contributed by atoms with Crippen LogP contribution in [-0.2, 0) is 0 Å². The number of carbonyl (C=O) groups is 1. The summed E-state index contributed by atoms with van der Waals surface area (Å²) in [5.74, 6) is -0.824. The first-order valence-electron chi connectivity index (χ1n) is 3.79. The predicted molar refractivity (Wildman–Crippen MR) is 52.8 cm³/mol. The molecule has 1 rings (SSSR count). The van der Waals surface area contributed by atoms with Crippen molar-refractivity contribution in [1.29, 1.82) is 0 Å². The smallest absolute Gasteiger partial charge is 0.338 e. The summed E-state index contributed by atoms with van der Waals surface area (Å²) < 4.78 is 36.7. The maximum atomic E-state index is 12.1. The predicted octanol–water partition coefficient (Wildman–Crippen LogP) is 2.59. The van der Waals surface area contributed by atoms with Crippen LogP contribution in [0.2, 0.25) is 0 Å². The Morgan fingerprint density at radius 2 is 2.27 bits per heavy atom. The van der Waals surface area contributed by atoms with E-state index in [1.165, 1.54) is 5.38 Å². The van der Waals surface area contributed by atoms with Crippen molar-refractivity contribution in [2.45, 2.75) is 19.1 Å². The van der Waals surface area contributed by atoms with Crippen molar-refractivity contribution in [3.8, 4) is 0 Å². The van der Waals surface area contributed by atoms with Crippen LogP contribution in [0, 0.1) is 0 Å². The molecule has 0 bridgehead atoms. The Kier molecular flexibility index (Phi) is 3.72. The number of hydrogen-bond acceptors (Lipinski definition) is 3. The van der Waals surface area contributed by atoms with Crippen LogP contribution < -0.4 is 5.32 Å². The van der Waals surface area contributed by atoms with Gasteiger partial charge in [-0.15, -0.1) is 11.3 Å². The number of thiazole rings is 1. The third-order valence-electron chi connectivity index (χ3n) is 1.51. The van der Waals surface area contributed by atoms with E-state index in [4.69, 9.17) is 0 Å². The zero-order chi connectivity index (χ0) is 11.6. The van der Waals surface area contributed by atoms with Gasteiger partial charge in [0.15, 0.2) is 5.01 Å². The lowest BCUT2D eigenvalue weighted by Gasteiger charge is -2.15. The Bertz CT molecular complexity index is 365. The average molecular weight is 303 g/mol. The van der Waals surface area contributed by atoms with Crippen molar-refractivity contribution in [2.24, 2.45) is 0 Å². The van der Waals surface area contributed by atoms with Gasteiger partial charge in [-0.3, -0.25) is 4.79 Å². The molecule has 0 aliphatic heterocycles. The van der Waals surface area contributed by atoms with Gasteiger partial charge < -0.3 is 5.32 Å². The van der Waals surface area contributed by atoms with E-state index >= 15 is 0 Å². The van der Waals surface area contributed by atoms with Crippen LogP contribution in [0.15, 0.2) is 9.98 Å². The molecule has 1 amide bonds. The topological polar surface area (TPSA) is 42.0 Å². The molecule has 0 aromatic carbocycles. The largest absolute Gasteiger partial charge is 0.408 e. The van der Waals surface area contributed by atoms with Gasteiger partial charge in [-0.05, 0) is 22.9 Å². The maximum Gasteiger partial charge on any atom is 0.408 e. The molecule has 8 heteroatoms. The van der Waals surface area contributed by atoms with Gasteiger partial charge in [-0.1, -0.05) is 0 Å². The number of rotatable bonds is 2. The van der Waals surface area contributed by atoms with Crippen LogP contribution in [0.4, 0.5) is 13.2 Å². The number of alkyl halides is 3. The van der Waals surface area contributed by atoms with E-state index in [2.05, 4.69) is 20.9 Å². The van der Waals surface area contributed by atoms with Crippen molar-refractivity contribution in [3.63, 3.8) is 0 Å². The van der Waals surface area contributed by atoms with Crippen LogP contribution in [-0.4, -0.2) is 23.1 Å². The van der Waals surface area contributed by atoms with Crippen LogP contribution in [0.3, 0.4) is 0 Å². The number of amides is 1. The third-order valence-corrected chi connectivity index (χ3v) is 3.06. The Balaban J connectivity index is 2.64. The van der Waals surface area contributed by atoms with Crippen LogP contribution in [0.5, 0.6) is 0 Å². The van der Waals surface area contributed by atoms with Crippen molar-refractivity contribution >= 4 is 33.2 Å². The standard InChI is InChI=1S/C7H6BrF3N2OS/c1-3(7(9,10)11)12-5(14)6-13-4(8)2-15-6/h2-3H,1H3,(H,12,14). The first-order chi connectivity index (χ1) is 6.80. The van der Waals surface area contributed by atoms with E-state index in [-0.39, 0.29) is 5.01 Å². The molecule has 84 valence electrons. The fourth-order valence-corrected chi connectivity index (χ4v) is 1.85. The average Bonchev–Trinajstić information content (AvgIpc) is 2.50. The summed E-state index contributed by atoms with van der Waals surface area (Å²) in [5.41, 5.74) is 0. The van der Waals surface area contributed by atoms with E-state index < -0.39 is 18.1 Å². The van der Waals surface area contributed by atoms with Crippen LogP contribution >= 0.6 is 27.3 Å². The van der Waals surface area contributed by atoms with E-state index in [1.807, 2.05) is 5.32 Å². The van der Waals surface area contributed by atoms with Gasteiger partial charge in [0.25, 0.3) is 5.91 Å². The van der Waals surface area contributed by atoms with Gasteiger partial charge in [0, 0.05) is 5.38 Å². The fourth-order valence-electron chi connectivity index (χ4n) is 0.699. The number of aromatic nitrogens is 1. The highest BCUT2D eigenvalue weighted by Crippen LogP contribution is 2.20. The highest BCUT2D eigenvalue weighted by Gasteiger charge is 2.37. The summed E-state index contributed by atoms with van der Waals surface area (Å²) in [4.78, 5) is 14.9. The quantitative estimate of drug-likeness (QED) is 0.912. The molecule has 1 unspecified atom stereocenters. The number of halogens is 4. The first kappa shape index (κ1) is 12.4. The molecule has 0 saturated heterocycles. The summed E-state index contributed by atoms with van der Waals surface area (Å²) in [6, 6.07) is -1.88. The van der Waals surface area contributed by atoms with Gasteiger partial charge in [0.2, 0.25) is 0 Å². The van der Waals surface area contributed by atoms with E-state index in [0.29, 0.717) is 4.60 Å². The summed E-state index contributed by atoms with van der Waals surface area (Å²) in [5, 5.41) is 3.33. The minimum Gasteiger partial charge on any atom is -0.338 e. The number of hydrogen-bond donors (Lipinski definition) is 1. The monoisotopic (exact) mass is 302 g/mol. The molecule has 1 aromatic heterocycles. The lowest BCUT2D eigenvalue weighted by molar-refractivity contribution is -0.149. The second kappa shape index (κ2) is 4.48. The fraction of sp³-hybridized carbons (Fsp3) is 0.429. The van der Waals surface area contributed by atoms with E-state index in [0.717, 1.165) is 18.3 Å². The maximum absolute atomic E-state index is 12.1. The molecule has 0 aliphatic rings. The SMILES string of the molecule is CC(NC(=O)c1nc(Br)cs1)C(F)(F)F. The molecule has 0 radical (unpaired) electrons. The zero-order valence-corrected chi connectivity index (χ0v) is 9.83. The lowest BCUT2D eigenvalue weighted by atomic mass is 10.3. The van der Waals surface area contributed by atoms with Gasteiger partial charge in [0.05, 0.1) is 0 Å². The molecular weight excluding hydrogens is 297 g/mol. The van der Waals surface area contributed by atoms with Crippen molar-refractivity contribution in [3.05, 3.63) is 15.0 Å². The number of nitrogens with zero attached hydrogens (tertiary/aromatic N) is 1. The minimum atomic E-state index is -4.44. The molecule has 0 fully saturated rings. The summed E-state index contributed by atoms with van der Waals surface area (Å²) in [7, 11) is 0. The summed E-state index contributed by atoms with van der Waals surface area (Å²) >= 11 is 3.98. The lowest BCUT2D eigenvalue weighted by Crippen LogP contribution is -2.43. The van der Waals surface area contributed by atoms with Gasteiger partial charge >= 0.3 is 6.18 Å². The van der Waals surface area contributed by atoms with Crippen LogP contribution in [0.1, 0.15) is 16.7 Å². The van der Waals surface area contributed by atoms with Crippen molar-refractivity contribution in [1.82, 2.24) is 10.3 Å². The molecule has 0 saturated carbocycles. The van der Waals surface area contributed by atoms with E-state index in [1.54, 1.807) is 0 Å². The Morgan fingerprint density at radius 1 is 1.67 bits per heavy atom. The molecular formula is C7H6BrF3N2OS. The van der Waals surface area contributed by atoms with Crippen molar-refractivity contribution in [2.75, 3.05) is 0 Å². The van der Waals surface area contributed by atoms with Gasteiger partial charge in [-0.2, -0.15) is 13.2 Å². The second-order valence-corrected chi connectivity index (χ2v) is 4.38. The normalized spacial score (nSPS) is 13.7. The molecule has 1 N–H and O–H groups in total. The second-order valence-electron chi connectivity index (χ2n) is 2.71. The highest BCUT2D eigenvalue weighted by molar-refractivity contribution is 9.10. The number of nitrogens with one attached hydrogen (secondary N) is 1. The minimum absolute atomic E-state index is 0.00188. The summed E-state index contributed by atoms with van der Waals surface area (Å²) in [6.45, 7) is 0.876. The Morgan fingerprint density at radius 3 is 2.67 bits per heavy atom. The van der Waals surface area contributed by atoms with Crippen molar-refractivity contribution < 1.29 is 18.0 Å². The molecule has 0 spiro atoms. The Hall–Kier alpha value is -0.630. The third kappa shape index (κ3) is 3.45. The molecule has 3 nitrogen and oxygen atoms in total. The Labute approximate surface area is 95.8 Å². The summed E-state index contributed by atoms with van der Waals surface area (Å²) in [6.07, 6.45) is -4.44. The molecule has 1 atom stereocenters. The first-order valence-corrected chi connectivity index (χ1v) is 5.46. The van der Waals surface area contributed by atoms with Gasteiger partial charge in [0.1, 0.15) is 10.6 Å². The highest BCUT2D eigenvalue weighted by atomic mass is 79.9. The molecule has 0 aliphatic carbocycles. The number of carbonyl (C=O) groups excluding carboxylic acids is 1. The molecule has 15 heavy (non-hydrogen) atoms. The molecule has 1 heterocycles. The zero-order valence-electron chi connectivity index (χ0n) is 7.43. The van der Waals surface area contributed by atoms with E-state index in [9.17, 15) is 18.0 Å². The molecule has 1 aromatic rings. The van der Waals surface area contributed by atoms with Gasteiger partial charge in [-0.25, -0.2) is 4.98 Å².